The number of fused-ring (bicyclic) bond motifs is 1. The van der Waals surface area contributed by atoms with Gasteiger partial charge in [0.25, 0.3) is 5.56 Å². The summed E-state index contributed by atoms with van der Waals surface area (Å²) < 4.78 is 7.54. The molecular weight excluding hydrogens is 240 g/mol. The number of nitrogens with one attached hydrogen (secondary N) is 1. The maximum absolute atomic E-state index is 11.6. The van der Waals surface area contributed by atoms with Crippen molar-refractivity contribution >= 4 is 5.69 Å². The second-order valence-corrected chi connectivity index (χ2v) is 6.23. The summed E-state index contributed by atoms with van der Waals surface area (Å²) in [5.74, 6) is 0.608. The third kappa shape index (κ3) is 1.89. The second kappa shape index (κ2) is 4.37. The highest BCUT2D eigenvalue weighted by Gasteiger charge is 2.59. The van der Waals surface area contributed by atoms with Crippen LogP contribution in [0.15, 0.2) is 23.1 Å². The normalized spacial score (nSPS) is 31.6. The molecule has 1 N–H and O–H groups in total. The van der Waals surface area contributed by atoms with Crippen LogP contribution in [0.3, 0.4) is 0 Å². The minimum atomic E-state index is 0.0583. The fraction of sp³-hybridized carbons (Fsp3) is 0.667. The van der Waals surface area contributed by atoms with E-state index >= 15 is 0 Å². The number of aromatic nitrogens is 1. The highest BCUT2D eigenvalue weighted by Crippen LogP contribution is 2.53. The molecule has 3 unspecified atom stereocenters. The molecule has 0 amide bonds. The van der Waals surface area contributed by atoms with Crippen molar-refractivity contribution in [2.75, 3.05) is 11.9 Å². The minimum absolute atomic E-state index is 0.0583. The third-order valence-corrected chi connectivity index (χ3v) is 4.75. The molecule has 4 heteroatoms. The van der Waals surface area contributed by atoms with Crippen LogP contribution in [0, 0.1) is 11.3 Å². The smallest absolute Gasteiger partial charge is 0.250 e. The summed E-state index contributed by atoms with van der Waals surface area (Å²) in [5.41, 5.74) is 1.25. The zero-order valence-electron chi connectivity index (χ0n) is 11.8. The van der Waals surface area contributed by atoms with Gasteiger partial charge in [0, 0.05) is 42.8 Å². The van der Waals surface area contributed by atoms with Crippen LogP contribution in [0.1, 0.15) is 27.2 Å². The molecule has 104 valence electrons. The van der Waals surface area contributed by atoms with Crippen molar-refractivity contribution in [1.82, 2.24) is 4.57 Å². The highest BCUT2D eigenvalue weighted by molar-refractivity contribution is 5.44. The van der Waals surface area contributed by atoms with Gasteiger partial charge in [-0.25, -0.2) is 0 Å². The van der Waals surface area contributed by atoms with Gasteiger partial charge >= 0.3 is 0 Å². The van der Waals surface area contributed by atoms with E-state index < -0.39 is 0 Å². The summed E-state index contributed by atoms with van der Waals surface area (Å²) in [6, 6.07) is 3.95. The molecule has 0 spiro atoms. The van der Waals surface area contributed by atoms with Gasteiger partial charge in [0.15, 0.2) is 0 Å². The summed E-state index contributed by atoms with van der Waals surface area (Å²) in [6.45, 7) is 8.09. The first-order chi connectivity index (χ1) is 9.04. The Balaban J connectivity index is 1.80. The molecule has 3 rings (SSSR count). The van der Waals surface area contributed by atoms with Crippen molar-refractivity contribution in [3.05, 3.63) is 28.7 Å². The van der Waals surface area contributed by atoms with Crippen molar-refractivity contribution in [2.45, 2.75) is 45.9 Å². The Labute approximate surface area is 113 Å². The summed E-state index contributed by atoms with van der Waals surface area (Å²) in [4.78, 5) is 11.6. The number of hydrogen-bond acceptors (Lipinski definition) is 3. The largest absolute Gasteiger partial charge is 0.380 e. The Hall–Kier alpha value is -1.29. The molecule has 19 heavy (non-hydrogen) atoms. The fourth-order valence-electron chi connectivity index (χ4n) is 3.66. The summed E-state index contributed by atoms with van der Waals surface area (Å²) in [6.07, 6.45) is 3.45. The summed E-state index contributed by atoms with van der Waals surface area (Å²) >= 11 is 0. The maximum atomic E-state index is 11.6. The first-order valence-corrected chi connectivity index (χ1v) is 7.12. The fourth-order valence-corrected chi connectivity index (χ4v) is 3.66. The molecule has 0 radical (unpaired) electrons. The Bertz CT molecular complexity index is 535. The Morgan fingerprint density at radius 1 is 1.47 bits per heavy atom. The third-order valence-electron chi connectivity index (χ3n) is 4.75. The lowest BCUT2D eigenvalue weighted by Crippen LogP contribution is -2.63. The Morgan fingerprint density at radius 3 is 3.00 bits per heavy atom. The van der Waals surface area contributed by atoms with Crippen LogP contribution < -0.4 is 10.9 Å². The van der Waals surface area contributed by atoms with Crippen LogP contribution in [-0.2, 0) is 11.3 Å². The molecule has 0 aromatic carbocycles. The number of anilines is 1. The molecule has 0 bridgehead atoms. The van der Waals surface area contributed by atoms with Gasteiger partial charge in [-0.3, -0.25) is 4.79 Å². The van der Waals surface area contributed by atoms with Gasteiger partial charge in [-0.15, -0.1) is 0 Å². The standard InChI is InChI=1S/C15H22N2O2/c1-4-17-9-10(5-6-12(17)18)16-13-11-7-8-19-14(11)15(13,2)3/h5-6,9,11,13-14,16H,4,7-8H2,1-3H3. The molecular formula is C15H22N2O2. The molecule has 1 aliphatic carbocycles. The topological polar surface area (TPSA) is 43.3 Å². The molecule has 1 saturated carbocycles. The van der Waals surface area contributed by atoms with Crippen molar-refractivity contribution in [2.24, 2.45) is 11.3 Å². The van der Waals surface area contributed by atoms with Gasteiger partial charge in [0.2, 0.25) is 0 Å². The van der Waals surface area contributed by atoms with Gasteiger partial charge in [-0.1, -0.05) is 13.8 Å². The molecule has 1 aliphatic heterocycles. The summed E-state index contributed by atoms with van der Waals surface area (Å²) in [7, 11) is 0. The number of pyridine rings is 1. The molecule has 2 heterocycles. The van der Waals surface area contributed by atoms with E-state index in [1.807, 2.05) is 19.2 Å². The van der Waals surface area contributed by atoms with E-state index in [2.05, 4.69) is 19.2 Å². The van der Waals surface area contributed by atoms with E-state index in [1.165, 1.54) is 0 Å². The van der Waals surface area contributed by atoms with Crippen molar-refractivity contribution in [3.63, 3.8) is 0 Å². The lowest BCUT2D eigenvalue weighted by atomic mass is 9.57. The lowest BCUT2D eigenvalue weighted by Gasteiger charge is -2.55. The number of rotatable bonds is 3. The second-order valence-electron chi connectivity index (χ2n) is 6.23. The predicted octanol–water partition coefficient (Wildman–Crippen LogP) is 2.09. The average Bonchev–Trinajstić information content (AvgIpc) is 2.84. The number of hydrogen-bond donors (Lipinski definition) is 1. The zero-order chi connectivity index (χ0) is 13.6. The molecule has 1 aromatic heterocycles. The van der Waals surface area contributed by atoms with Gasteiger partial charge in [0.05, 0.1) is 11.8 Å². The van der Waals surface area contributed by atoms with Crippen molar-refractivity contribution in [3.8, 4) is 0 Å². The van der Waals surface area contributed by atoms with Gasteiger partial charge < -0.3 is 14.6 Å². The summed E-state index contributed by atoms with van der Waals surface area (Å²) in [5, 5.41) is 3.60. The quantitative estimate of drug-likeness (QED) is 0.907. The molecule has 1 saturated heterocycles. The monoisotopic (exact) mass is 262 g/mol. The van der Waals surface area contributed by atoms with Crippen molar-refractivity contribution in [1.29, 1.82) is 0 Å². The Morgan fingerprint density at radius 2 is 2.26 bits per heavy atom. The van der Waals surface area contributed by atoms with Crippen LogP contribution in [0.5, 0.6) is 0 Å². The number of aryl methyl sites for hydroxylation is 1. The van der Waals surface area contributed by atoms with E-state index in [0.29, 0.717) is 24.6 Å². The van der Waals surface area contributed by atoms with Crippen LogP contribution in [0.25, 0.3) is 0 Å². The molecule has 2 aliphatic rings. The van der Waals surface area contributed by atoms with Crippen LogP contribution in [0.4, 0.5) is 5.69 Å². The number of ether oxygens (including phenoxy) is 1. The highest BCUT2D eigenvalue weighted by atomic mass is 16.5. The van der Waals surface area contributed by atoms with E-state index in [-0.39, 0.29) is 11.0 Å². The minimum Gasteiger partial charge on any atom is -0.380 e. The maximum Gasteiger partial charge on any atom is 0.250 e. The molecule has 3 atom stereocenters. The van der Waals surface area contributed by atoms with Crippen LogP contribution in [-0.4, -0.2) is 23.3 Å². The molecule has 4 nitrogen and oxygen atoms in total. The Kier molecular flexibility index (Phi) is 2.93. The van der Waals surface area contributed by atoms with E-state index in [0.717, 1.165) is 18.7 Å². The van der Waals surface area contributed by atoms with Crippen LogP contribution >= 0.6 is 0 Å². The first-order valence-electron chi connectivity index (χ1n) is 7.12. The van der Waals surface area contributed by atoms with E-state index in [1.54, 1.807) is 10.6 Å². The van der Waals surface area contributed by atoms with Crippen LogP contribution in [0.2, 0.25) is 0 Å². The van der Waals surface area contributed by atoms with Gasteiger partial charge in [0.1, 0.15) is 0 Å². The molecule has 1 aromatic rings. The zero-order valence-corrected chi connectivity index (χ0v) is 11.8. The predicted molar refractivity (Wildman–Crippen MR) is 75.4 cm³/mol. The van der Waals surface area contributed by atoms with Gasteiger partial charge in [-0.2, -0.15) is 0 Å². The average molecular weight is 262 g/mol. The first kappa shape index (κ1) is 12.7. The SMILES string of the molecule is CCn1cc(NC2C3CCOC3C2(C)C)ccc1=O. The lowest BCUT2D eigenvalue weighted by molar-refractivity contribution is -0.0923. The van der Waals surface area contributed by atoms with Gasteiger partial charge in [-0.05, 0) is 19.4 Å². The number of nitrogens with zero attached hydrogens (tertiary/aromatic N) is 1. The molecule has 2 fully saturated rings. The van der Waals surface area contributed by atoms with E-state index in [4.69, 9.17) is 4.74 Å². The van der Waals surface area contributed by atoms with Crippen molar-refractivity contribution < 1.29 is 4.74 Å². The van der Waals surface area contributed by atoms with E-state index in [9.17, 15) is 4.79 Å².